The highest BCUT2D eigenvalue weighted by atomic mass is 16.6. The van der Waals surface area contributed by atoms with Gasteiger partial charge in [-0.15, -0.1) is 0 Å². The van der Waals surface area contributed by atoms with Crippen molar-refractivity contribution in [3.05, 3.63) is 0 Å². The molecule has 0 bridgehead atoms. The van der Waals surface area contributed by atoms with Gasteiger partial charge in [0.05, 0.1) is 6.61 Å². The van der Waals surface area contributed by atoms with Gasteiger partial charge in [0.2, 0.25) is 0 Å². The summed E-state index contributed by atoms with van der Waals surface area (Å²) < 4.78 is 10.0. The predicted molar refractivity (Wildman–Crippen MR) is 69.2 cm³/mol. The molecule has 18 heavy (non-hydrogen) atoms. The van der Waals surface area contributed by atoms with Crippen LogP contribution in [-0.4, -0.2) is 30.3 Å². The second-order valence-corrected chi connectivity index (χ2v) is 5.58. The summed E-state index contributed by atoms with van der Waals surface area (Å²) in [4.78, 5) is 23.3. The molecule has 0 fully saturated rings. The van der Waals surface area contributed by atoms with E-state index < -0.39 is 23.7 Å². The van der Waals surface area contributed by atoms with Crippen molar-refractivity contribution in [2.45, 2.75) is 59.6 Å². The van der Waals surface area contributed by atoms with Crippen LogP contribution in [0.1, 0.15) is 48.0 Å². The van der Waals surface area contributed by atoms with Gasteiger partial charge in [0.25, 0.3) is 0 Å². The molecule has 1 atom stereocenters. The molecule has 0 aliphatic carbocycles. The minimum absolute atomic E-state index is 0.273. The van der Waals surface area contributed by atoms with Gasteiger partial charge < -0.3 is 14.8 Å². The molecule has 0 radical (unpaired) electrons. The zero-order chi connectivity index (χ0) is 14.3. The van der Waals surface area contributed by atoms with Crippen LogP contribution in [0.4, 0.5) is 4.79 Å². The maximum Gasteiger partial charge on any atom is 0.408 e. The van der Waals surface area contributed by atoms with Gasteiger partial charge in [-0.2, -0.15) is 0 Å². The van der Waals surface area contributed by atoms with E-state index >= 15 is 0 Å². The van der Waals surface area contributed by atoms with Crippen molar-refractivity contribution in [3.8, 4) is 0 Å². The molecule has 0 spiro atoms. The van der Waals surface area contributed by atoms with E-state index in [0.29, 0.717) is 13.0 Å². The Labute approximate surface area is 109 Å². The van der Waals surface area contributed by atoms with E-state index in [-0.39, 0.29) is 5.92 Å². The van der Waals surface area contributed by atoms with Gasteiger partial charge in [0.1, 0.15) is 11.6 Å². The topological polar surface area (TPSA) is 64.6 Å². The smallest absolute Gasteiger partial charge is 0.408 e. The summed E-state index contributed by atoms with van der Waals surface area (Å²) in [5, 5.41) is 2.55. The van der Waals surface area contributed by atoms with E-state index in [2.05, 4.69) is 5.32 Å². The maximum absolute atomic E-state index is 11.7. The lowest BCUT2D eigenvalue weighted by Gasteiger charge is -2.23. The van der Waals surface area contributed by atoms with Crippen LogP contribution in [0.3, 0.4) is 0 Å². The average Bonchev–Trinajstić information content (AvgIpc) is 2.13. The van der Waals surface area contributed by atoms with E-state index in [9.17, 15) is 9.59 Å². The Bertz CT molecular complexity index is 281. The maximum atomic E-state index is 11.7. The number of amides is 1. The molecule has 1 N–H and O–H groups in total. The number of nitrogens with one attached hydrogen (secondary N) is 1. The molecule has 0 aliphatic heterocycles. The van der Waals surface area contributed by atoms with Crippen LogP contribution in [0.15, 0.2) is 0 Å². The van der Waals surface area contributed by atoms with Crippen molar-refractivity contribution in [1.29, 1.82) is 0 Å². The number of ether oxygens (including phenoxy) is 2. The zero-order valence-electron chi connectivity index (χ0n) is 12.2. The van der Waals surface area contributed by atoms with Crippen molar-refractivity contribution < 1.29 is 19.1 Å². The Balaban J connectivity index is 4.49. The summed E-state index contributed by atoms with van der Waals surface area (Å²) in [7, 11) is 0. The average molecular weight is 259 g/mol. The SMILES string of the molecule is CCOC(=O)C(CC(C)C)NC(=O)OC(C)(C)C. The van der Waals surface area contributed by atoms with Crippen molar-refractivity contribution in [2.24, 2.45) is 5.92 Å². The number of rotatable bonds is 5. The van der Waals surface area contributed by atoms with Crippen LogP contribution in [0, 0.1) is 5.92 Å². The van der Waals surface area contributed by atoms with Crippen molar-refractivity contribution >= 4 is 12.1 Å². The summed E-state index contributed by atoms with van der Waals surface area (Å²) in [5.74, 6) is -0.147. The lowest BCUT2D eigenvalue weighted by atomic mass is 10.0. The van der Waals surface area contributed by atoms with Crippen molar-refractivity contribution in [2.75, 3.05) is 6.61 Å². The molecular weight excluding hydrogens is 234 g/mol. The number of hydrogen-bond donors (Lipinski definition) is 1. The third-order valence-corrected chi connectivity index (χ3v) is 1.97. The van der Waals surface area contributed by atoms with E-state index in [4.69, 9.17) is 9.47 Å². The molecule has 1 unspecified atom stereocenters. The van der Waals surface area contributed by atoms with Crippen molar-refractivity contribution in [1.82, 2.24) is 5.32 Å². The van der Waals surface area contributed by atoms with Crippen LogP contribution in [0.25, 0.3) is 0 Å². The normalized spacial score (nSPS) is 13.1. The summed E-state index contributed by atoms with van der Waals surface area (Å²) in [6.45, 7) is 11.3. The summed E-state index contributed by atoms with van der Waals surface area (Å²) in [6, 6.07) is -0.653. The minimum atomic E-state index is -0.653. The van der Waals surface area contributed by atoms with Gasteiger partial charge in [-0.1, -0.05) is 13.8 Å². The molecule has 0 aromatic rings. The van der Waals surface area contributed by atoms with Gasteiger partial charge >= 0.3 is 12.1 Å². The highest BCUT2D eigenvalue weighted by molar-refractivity contribution is 5.81. The predicted octanol–water partition coefficient (Wildman–Crippen LogP) is 2.49. The highest BCUT2D eigenvalue weighted by Crippen LogP contribution is 2.10. The van der Waals surface area contributed by atoms with E-state index in [1.54, 1.807) is 27.7 Å². The van der Waals surface area contributed by atoms with Crippen LogP contribution in [0.2, 0.25) is 0 Å². The monoisotopic (exact) mass is 259 g/mol. The standard InChI is InChI=1S/C13H25NO4/c1-7-17-11(15)10(8-9(2)3)14-12(16)18-13(4,5)6/h9-10H,7-8H2,1-6H3,(H,14,16). The molecule has 1 amide bonds. The second-order valence-electron chi connectivity index (χ2n) is 5.58. The van der Waals surface area contributed by atoms with Gasteiger partial charge in [0, 0.05) is 0 Å². The Morgan fingerprint density at radius 1 is 1.22 bits per heavy atom. The molecule has 0 rings (SSSR count). The molecule has 0 aromatic heterocycles. The lowest BCUT2D eigenvalue weighted by molar-refractivity contribution is -0.146. The fourth-order valence-corrected chi connectivity index (χ4v) is 1.38. The van der Waals surface area contributed by atoms with Crippen LogP contribution in [-0.2, 0) is 14.3 Å². The van der Waals surface area contributed by atoms with E-state index in [1.807, 2.05) is 13.8 Å². The first kappa shape index (κ1) is 16.7. The third kappa shape index (κ3) is 7.92. The first-order chi connectivity index (χ1) is 8.15. The Morgan fingerprint density at radius 2 is 1.78 bits per heavy atom. The largest absolute Gasteiger partial charge is 0.464 e. The fraction of sp³-hybridized carbons (Fsp3) is 0.846. The van der Waals surface area contributed by atoms with Crippen molar-refractivity contribution in [3.63, 3.8) is 0 Å². The van der Waals surface area contributed by atoms with Crippen LogP contribution >= 0.6 is 0 Å². The summed E-state index contributed by atoms with van der Waals surface area (Å²) >= 11 is 0. The Kier molecular flexibility index (Phi) is 6.73. The van der Waals surface area contributed by atoms with Crippen LogP contribution in [0.5, 0.6) is 0 Å². The molecular formula is C13H25NO4. The quantitative estimate of drug-likeness (QED) is 0.770. The molecule has 106 valence electrons. The Morgan fingerprint density at radius 3 is 2.17 bits per heavy atom. The molecule has 5 nitrogen and oxygen atoms in total. The first-order valence-corrected chi connectivity index (χ1v) is 6.31. The van der Waals surface area contributed by atoms with Gasteiger partial charge in [-0.3, -0.25) is 0 Å². The molecule has 0 heterocycles. The van der Waals surface area contributed by atoms with E-state index in [1.165, 1.54) is 0 Å². The zero-order valence-corrected chi connectivity index (χ0v) is 12.2. The summed E-state index contributed by atoms with van der Waals surface area (Å²) in [5.41, 5.74) is -0.582. The summed E-state index contributed by atoms with van der Waals surface area (Å²) in [6.07, 6.45) is -0.0702. The molecule has 0 saturated carbocycles. The highest BCUT2D eigenvalue weighted by Gasteiger charge is 2.25. The number of esters is 1. The number of alkyl carbamates (subject to hydrolysis) is 1. The fourth-order valence-electron chi connectivity index (χ4n) is 1.38. The number of carbonyl (C=O) groups is 2. The molecule has 0 saturated heterocycles. The number of carbonyl (C=O) groups excluding carboxylic acids is 2. The number of hydrogen-bond acceptors (Lipinski definition) is 4. The van der Waals surface area contributed by atoms with Crippen LogP contribution < -0.4 is 5.32 Å². The van der Waals surface area contributed by atoms with E-state index in [0.717, 1.165) is 0 Å². The lowest BCUT2D eigenvalue weighted by Crippen LogP contribution is -2.44. The molecule has 0 aromatic carbocycles. The Hall–Kier alpha value is -1.26. The molecule has 5 heteroatoms. The first-order valence-electron chi connectivity index (χ1n) is 6.31. The van der Waals surface area contributed by atoms with Gasteiger partial charge in [-0.05, 0) is 40.0 Å². The van der Waals surface area contributed by atoms with Gasteiger partial charge in [-0.25, -0.2) is 9.59 Å². The second kappa shape index (κ2) is 7.24. The minimum Gasteiger partial charge on any atom is -0.464 e. The van der Waals surface area contributed by atoms with Gasteiger partial charge in [0.15, 0.2) is 0 Å². The third-order valence-electron chi connectivity index (χ3n) is 1.97. The molecule has 0 aliphatic rings.